The summed E-state index contributed by atoms with van der Waals surface area (Å²) in [5.41, 5.74) is 2.05. The number of benzene rings is 2. The molecule has 1 atom stereocenters. The number of aromatic amines is 1. The van der Waals surface area contributed by atoms with Crippen molar-refractivity contribution >= 4 is 35.1 Å². The zero-order valence-electron chi connectivity index (χ0n) is 17.0. The second-order valence-corrected chi connectivity index (χ2v) is 8.61. The molecule has 0 aliphatic carbocycles. The summed E-state index contributed by atoms with van der Waals surface area (Å²) in [7, 11) is 0. The van der Waals surface area contributed by atoms with Gasteiger partial charge in [-0.05, 0) is 35.7 Å². The van der Waals surface area contributed by atoms with Gasteiger partial charge in [-0.1, -0.05) is 60.6 Å². The number of rotatable bonds is 7. The molecule has 1 aliphatic heterocycles. The molecule has 0 spiro atoms. The van der Waals surface area contributed by atoms with Crippen LogP contribution in [0.2, 0.25) is 5.02 Å². The Labute approximate surface area is 189 Å². The molecule has 2 N–H and O–H groups in total. The van der Waals surface area contributed by atoms with E-state index in [9.17, 15) is 9.59 Å². The molecule has 2 heterocycles. The van der Waals surface area contributed by atoms with Crippen LogP contribution in [-0.4, -0.2) is 22.5 Å². The molecule has 1 aromatic heterocycles. The summed E-state index contributed by atoms with van der Waals surface area (Å²) < 4.78 is 5.63. The van der Waals surface area contributed by atoms with Crippen LogP contribution in [0.3, 0.4) is 0 Å². The van der Waals surface area contributed by atoms with Crippen LogP contribution in [0.5, 0.6) is 5.75 Å². The lowest BCUT2D eigenvalue weighted by Crippen LogP contribution is -2.31. The smallest absolute Gasteiger partial charge is 0.257 e. The molecule has 31 heavy (non-hydrogen) atoms. The summed E-state index contributed by atoms with van der Waals surface area (Å²) in [5.74, 6) is 1.12. The predicted molar refractivity (Wildman–Crippen MR) is 123 cm³/mol. The zero-order chi connectivity index (χ0) is 21.8. The Morgan fingerprint density at radius 3 is 2.68 bits per heavy atom. The summed E-state index contributed by atoms with van der Waals surface area (Å²) in [6.45, 7) is 2.69. The molecule has 1 aliphatic rings. The van der Waals surface area contributed by atoms with Crippen molar-refractivity contribution < 1.29 is 9.53 Å². The number of halogens is 1. The highest BCUT2D eigenvalue weighted by molar-refractivity contribution is 7.98. The van der Waals surface area contributed by atoms with Crippen molar-refractivity contribution in [3.05, 3.63) is 80.6 Å². The average molecular weight is 456 g/mol. The molecule has 0 fully saturated rings. The molecule has 0 radical (unpaired) electrons. The molecular formula is C23H22ClN3O3S. The first-order valence-electron chi connectivity index (χ1n) is 10.1. The van der Waals surface area contributed by atoms with E-state index in [1.807, 2.05) is 55.5 Å². The highest BCUT2D eigenvalue weighted by Gasteiger charge is 2.31. The summed E-state index contributed by atoms with van der Waals surface area (Å²) in [6, 6.07) is 15.1. The Kier molecular flexibility index (Phi) is 6.63. The number of thioether (sulfide) groups is 1. The van der Waals surface area contributed by atoms with Gasteiger partial charge in [-0.2, -0.15) is 0 Å². The maximum absolute atomic E-state index is 13.0. The fourth-order valence-electron chi connectivity index (χ4n) is 3.48. The van der Waals surface area contributed by atoms with Gasteiger partial charge in [0, 0.05) is 23.1 Å². The Bertz CT molecular complexity index is 1150. The minimum absolute atomic E-state index is 0.163. The Morgan fingerprint density at radius 1 is 1.16 bits per heavy atom. The average Bonchev–Trinajstić information content (AvgIpc) is 2.76. The number of fused-ring (bicyclic) bond motifs is 1. The van der Waals surface area contributed by atoms with Crippen LogP contribution < -0.4 is 15.6 Å². The number of hydrogen-bond donors (Lipinski definition) is 2. The monoisotopic (exact) mass is 455 g/mol. The first kappa shape index (κ1) is 21.5. The van der Waals surface area contributed by atoms with Gasteiger partial charge in [-0.3, -0.25) is 9.59 Å². The molecule has 1 amide bonds. The fourth-order valence-corrected chi connectivity index (χ4v) is 4.63. The van der Waals surface area contributed by atoms with E-state index in [0.29, 0.717) is 33.9 Å². The normalized spacial score (nSPS) is 15.3. The van der Waals surface area contributed by atoms with Crippen molar-refractivity contribution in [2.24, 2.45) is 0 Å². The quantitative estimate of drug-likeness (QED) is 0.387. The van der Waals surface area contributed by atoms with Crippen molar-refractivity contribution in [1.82, 2.24) is 9.97 Å². The Hall–Kier alpha value is -2.77. The fraction of sp³-hybridized carbons (Fsp3) is 0.261. The van der Waals surface area contributed by atoms with Crippen LogP contribution >= 0.6 is 23.4 Å². The topological polar surface area (TPSA) is 84.1 Å². The van der Waals surface area contributed by atoms with Crippen molar-refractivity contribution in [2.45, 2.75) is 36.6 Å². The SMILES string of the molecule is CCCOc1ccc([C@H]2CC(=O)Nc3nc(SCc4ccccc4Cl)[nH]c(=O)c32)cc1. The van der Waals surface area contributed by atoms with E-state index in [0.717, 1.165) is 23.3 Å². The molecule has 4 rings (SSSR count). The molecular weight excluding hydrogens is 434 g/mol. The number of carbonyl (C=O) groups excluding carboxylic acids is 1. The third kappa shape index (κ3) is 4.94. The van der Waals surface area contributed by atoms with E-state index in [2.05, 4.69) is 15.3 Å². The summed E-state index contributed by atoms with van der Waals surface area (Å²) in [5, 5.41) is 3.86. The minimum atomic E-state index is -0.358. The number of aromatic nitrogens is 2. The van der Waals surface area contributed by atoms with E-state index < -0.39 is 0 Å². The Balaban J connectivity index is 1.59. The van der Waals surface area contributed by atoms with Crippen LogP contribution in [-0.2, 0) is 10.5 Å². The molecule has 0 bridgehead atoms. The van der Waals surface area contributed by atoms with E-state index in [4.69, 9.17) is 16.3 Å². The van der Waals surface area contributed by atoms with Crippen LogP contribution in [0, 0.1) is 0 Å². The molecule has 8 heteroatoms. The molecule has 160 valence electrons. The number of nitrogens with zero attached hydrogens (tertiary/aromatic N) is 1. The maximum Gasteiger partial charge on any atom is 0.257 e. The van der Waals surface area contributed by atoms with Gasteiger partial charge in [0.2, 0.25) is 5.91 Å². The number of amides is 1. The molecule has 6 nitrogen and oxygen atoms in total. The zero-order valence-corrected chi connectivity index (χ0v) is 18.6. The third-order valence-electron chi connectivity index (χ3n) is 5.01. The van der Waals surface area contributed by atoms with Gasteiger partial charge in [0.1, 0.15) is 11.6 Å². The van der Waals surface area contributed by atoms with E-state index in [1.54, 1.807) is 0 Å². The molecule has 0 unspecified atom stereocenters. The second-order valence-electron chi connectivity index (χ2n) is 7.24. The van der Waals surface area contributed by atoms with E-state index in [1.165, 1.54) is 11.8 Å². The standard InChI is InChI=1S/C23H22ClN3O3S/c1-2-11-30-16-9-7-14(8-10-16)17-12-19(28)25-21-20(17)22(29)27-23(26-21)31-13-15-5-3-4-6-18(15)24/h3-10,17H,2,11-13H2,1H3,(H2,25,26,27,28,29)/t17-/m1/s1. The van der Waals surface area contributed by atoms with Gasteiger partial charge in [0.05, 0.1) is 12.2 Å². The van der Waals surface area contributed by atoms with Crippen LogP contribution in [0.4, 0.5) is 5.82 Å². The second kappa shape index (κ2) is 9.58. The lowest BCUT2D eigenvalue weighted by molar-refractivity contribution is -0.116. The van der Waals surface area contributed by atoms with Gasteiger partial charge < -0.3 is 15.0 Å². The number of anilines is 1. The lowest BCUT2D eigenvalue weighted by atomic mass is 9.87. The number of H-pyrrole nitrogens is 1. The molecule has 0 saturated carbocycles. The summed E-state index contributed by atoms with van der Waals surface area (Å²) in [4.78, 5) is 32.7. The minimum Gasteiger partial charge on any atom is -0.494 e. The largest absolute Gasteiger partial charge is 0.494 e. The highest BCUT2D eigenvalue weighted by atomic mass is 35.5. The number of nitrogens with one attached hydrogen (secondary N) is 2. The van der Waals surface area contributed by atoms with E-state index >= 15 is 0 Å². The molecule has 0 saturated heterocycles. The first-order chi connectivity index (χ1) is 15.0. The maximum atomic E-state index is 13.0. The number of hydrogen-bond acceptors (Lipinski definition) is 5. The summed E-state index contributed by atoms with van der Waals surface area (Å²) >= 11 is 7.57. The number of ether oxygens (including phenoxy) is 1. The molecule has 3 aromatic rings. The predicted octanol–water partition coefficient (Wildman–Crippen LogP) is 4.98. The van der Waals surface area contributed by atoms with Crippen LogP contribution in [0.25, 0.3) is 0 Å². The van der Waals surface area contributed by atoms with Crippen molar-refractivity contribution in [1.29, 1.82) is 0 Å². The van der Waals surface area contributed by atoms with E-state index in [-0.39, 0.29) is 23.8 Å². The Morgan fingerprint density at radius 2 is 1.94 bits per heavy atom. The van der Waals surface area contributed by atoms with Gasteiger partial charge in [0.25, 0.3) is 5.56 Å². The number of carbonyl (C=O) groups is 1. The van der Waals surface area contributed by atoms with Gasteiger partial charge in [-0.15, -0.1) is 0 Å². The highest BCUT2D eigenvalue weighted by Crippen LogP contribution is 2.35. The van der Waals surface area contributed by atoms with Crippen molar-refractivity contribution in [3.63, 3.8) is 0 Å². The van der Waals surface area contributed by atoms with Gasteiger partial charge >= 0.3 is 0 Å². The molecule has 2 aromatic carbocycles. The van der Waals surface area contributed by atoms with Gasteiger partial charge in [-0.25, -0.2) is 4.98 Å². The van der Waals surface area contributed by atoms with Crippen molar-refractivity contribution in [2.75, 3.05) is 11.9 Å². The lowest BCUT2D eigenvalue weighted by Gasteiger charge is -2.24. The van der Waals surface area contributed by atoms with Crippen LogP contribution in [0.1, 0.15) is 42.4 Å². The first-order valence-corrected chi connectivity index (χ1v) is 11.4. The van der Waals surface area contributed by atoms with Crippen molar-refractivity contribution in [3.8, 4) is 5.75 Å². The third-order valence-corrected chi connectivity index (χ3v) is 6.30. The van der Waals surface area contributed by atoms with Crippen LogP contribution in [0.15, 0.2) is 58.5 Å². The summed E-state index contributed by atoms with van der Waals surface area (Å²) in [6.07, 6.45) is 1.12. The van der Waals surface area contributed by atoms with Gasteiger partial charge in [0.15, 0.2) is 5.16 Å².